The van der Waals surface area contributed by atoms with Crippen molar-refractivity contribution < 1.29 is 9.53 Å². The van der Waals surface area contributed by atoms with E-state index >= 15 is 0 Å². The predicted octanol–water partition coefficient (Wildman–Crippen LogP) is 6.33. The van der Waals surface area contributed by atoms with E-state index in [1.165, 1.54) is 17.9 Å². The highest BCUT2D eigenvalue weighted by atomic mass is 35.5. The number of rotatable bonds is 7. The fraction of sp³-hybridized carbons (Fsp3) is 0.115. The first-order chi connectivity index (χ1) is 15.9. The van der Waals surface area contributed by atoms with Crippen molar-refractivity contribution in [2.24, 2.45) is 0 Å². The number of benzene rings is 3. The average Bonchev–Trinajstić information content (AvgIpc) is 2.82. The van der Waals surface area contributed by atoms with Gasteiger partial charge in [0.05, 0.1) is 13.5 Å². The number of carbonyl (C=O) groups excluding carboxylic acids is 1. The first-order valence-electron chi connectivity index (χ1n) is 10.2. The molecule has 5 nitrogen and oxygen atoms in total. The van der Waals surface area contributed by atoms with E-state index in [4.69, 9.17) is 23.2 Å². The fourth-order valence-corrected chi connectivity index (χ4v) is 3.98. The zero-order valence-electron chi connectivity index (χ0n) is 17.9. The van der Waals surface area contributed by atoms with Crippen LogP contribution in [0.2, 0.25) is 10.3 Å². The van der Waals surface area contributed by atoms with Gasteiger partial charge < -0.3 is 10.1 Å². The van der Waals surface area contributed by atoms with Crippen molar-refractivity contribution in [1.29, 1.82) is 0 Å². The molecule has 3 aromatic carbocycles. The summed E-state index contributed by atoms with van der Waals surface area (Å²) in [6.45, 7) is 4.18. The summed E-state index contributed by atoms with van der Waals surface area (Å²) in [6.07, 6.45) is 0.375. The van der Waals surface area contributed by atoms with Gasteiger partial charge in [0, 0.05) is 23.4 Å². The van der Waals surface area contributed by atoms with Crippen LogP contribution in [-0.2, 0) is 22.4 Å². The molecule has 0 aliphatic rings. The molecule has 166 valence electrons. The third kappa shape index (κ3) is 5.51. The molecule has 0 aliphatic carbocycles. The van der Waals surface area contributed by atoms with Crippen LogP contribution in [0.1, 0.15) is 22.5 Å². The van der Waals surface area contributed by atoms with Gasteiger partial charge in [0.25, 0.3) is 0 Å². The fourth-order valence-electron chi connectivity index (χ4n) is 3.43. The van der Waals surface area contributed by atoms with Crippen molar-refractivity contribution in [3.05, 3.63) is 106 Å². The zero-order valence-corrected chi connectivity index (χ0v) is 19.5. The molecule has 4 aromatic rings. The molecule has 0 saturated carbocycles. The van der Waals surface area contributed by atoms with Crippen LogP contribution in [0.4, 0.5) is 5.69 Å². The molecule has 0 aliphatic heterocycles. The molecule has 1 heterocycles. The van der Waals surface area contributed by atoms with Gasteiger partial charge in [-0.3, -0.25) is 4.79 Å². The Labute approximate surface area is 202 Å². The standard InChI is InChI=1S/C26H21Cl2N3O2/c1-16(19-10-9-18-5-3-4-6-20(18)14-19)29-21-11-7-17(8-12-21)13-23-30-25(27)22(26(28)31-23)15-24(32)33-2/h3-12,14,29H,1,13,15H2,2H3. The minimum absolute atomic E-state index is 0.0735. The Balaban J connectivity index is 1.43. The van der Waals surface area contributed by atoms with Crippen molar-refractivity contribution in [3.8, 4) is 0 Å². The van der Waals surface area contributed by atoms with Crippen molar-refractivity contribution in [1.82, 2.24) is 9.97 Å². The molecule has 0 bridgehead atoms. The van der Waals surface area contributed by atoms with Gasteiger partial charge in [-0.2, -0.15) is 0 Å². The van der Waals surface area contributed by atoms with Crippen molar-refractivity contribution >= 4 is 51.3 Å². The first-order valence-corrected chi connectivity index (χ1v) is 11.0. The molecule has 0 fully saturated rings. The van der Waals surface area contributed by atoms with Crippen molar-refractivity contribution in [2.45, 2.75) is 12.8 Å². The lowest BCUT2D eigenvalue weighted by Gasteiger charge is -2.12. The number of hydrogen-bond acceptors (Lipinski definition) is 5. The molecule has 0 saturated heterocycles. The SMILES string of the molecule is C=C(Nc1ccc(Cc2nc(Cl)c(CC(=O)OC)c(Cl)n2)cc1)c1ccc2ccccc2c1. The molecule has 1 N–H and O–H groups in total. The molecular formula is C26H21Cl2N3O2. The third-order valence-electron chi connectivity index (χ3n) is 5.21. The second-order valence-electron chi connectivity index (χ2n) is 7.49. The number of carbonyl (C=O) groups is 1. The summed E-state index contributed by atoms with van der Waals surface area (Å²) < 4.78 is 4.65. The highest BCUT2D eigenvalue weighted by Gasteiger charge is 2.16. The number of hydrogen-bond donors (Lipinski definition) is 1. The van der Waals surface area contributed by atoms with Crippen molar-refractivity contribution in [2.75, 3.05) is 12.4 Å². The lowest BCUT2D eigenvalue weighted by molar-refractivity contribution is -0.139. The number of halogens is 2. The number of nitrogens with zero attached hydrogens (tertiary/aromatic N) is 2. The first kappa shape index (κ1) is 22.8. The van der Waals surface area contributed by atoms with Gasteiger partial charge >= 0.3 is 5.97 Å². The number of esters is 1. The molecule has 0 atom stereocenters. The molecule has 0 amide bonds. The normalized spacial score (nSPS) is 10.8. The quantitative estimate of drug-likeness (QED) is 0.249. The van der Waals surface area contributed by atoms with Gasteiger partial charge in [-0.25, -0.2) is 9.97 Å². The summed E-state index contributed by atoms with van der Waals surface area (Å²) in [4.78, 5) is 20.1. The molecule has 4 rings (SSSR count). The number of anilines is 1. The lowest BCUT2D eigenvalue weighted by atomic mass is 10.1. The Morgan fingerprint density at radius 2 is 1.64 bits per heavy atom. The van der Waals surface area contributed by atoms with Crippen LogP contribution in [0, 0.1) is 0 Å². The highest BCUT2D eigenvalue weighted by Crippen LogP contribution is 2.25. The highest BCUT2D eigenvalue weighted by molar-refractivity contribution is 6.34. The number of nitrogens with one attached hydrogen (secondary N) is 1. The van der Waals surface area contributed by atoms with E-state index in [1.807, 2.05) is 36.4 Å². The maximum Gasteiger partial charge on any atom is 0.310 e. The van der Waals surface area contributed by atoms with E-state index in [1.54, 1.807) is 0 Å². The predicted molar refractivity (Wildman–Crippen MR) is 134 cm³/mol. The summed E-state index contributed by atoms with van der Waals surface area (Å²) in [5.41, 5.74) is 4.12. The molecule has 0 unspecified atom stereocenters. The minimum Gasteiger partial charge on any atom is -0.469 e. The molecule has 7 heteroatoms. The van der Waals surface area contributed by atoms with Gasteiger partial charge in [-0.15, -0.1) is 0 Å². The molecule has 0 radical (unpaired) electrons. The zero-order chi connectivity index (χ0) is 23.4. The van der Waals surface area contributed by atoms with Crippen LogP contribution in [0.25, 0.3) is 16.5 Å². The summed E-state index contributed by atoms with van der Waals surface area (Å²) in [7, 11) is 1.30. The number of aromatic nitrogens is 2. The van der Waals surface area contributed by atoms with E-state index < -0.39 is 5.97 Å². The second kappa shape index (κ2) is 10.0. The summed E-state index contributed by atoms with van der Waals surface area (Å²) >= 11 is 12.4. The van der Waals surface area contributed by atoms with Crippen LogP contribution in [0.3, 0.4) is 0 Å². The number of fused-ring (bicyclic) bond motifs is 1. The van der Waals surface area contributed by atoms with Gasteiger partial charge in [0.15, 0.2) is 0 Å². The smallest absolute Gasteiger partial charge is 0.310 e. The maximum absolute atomic E-state index is 11.5. The van der Waals surface area contributed by atoms with Gasteiger partial charge in [-0.1, -0.05) is 78.3 Å². The lowest BCUT2D eigenvalue weighted by Crippen LogP contribution is -2.09. The molecule has 1 aromatic heterocycles. The van der Waals surface area contributed by atoms with Crippen LogP contribution in [0.15, 0.2) is 73.3 Å². The van der Waals surface area contributed by atoms with E-state index in [0.29, 0.717) is 17.8 Å². The van der Waals surface area contributed by atoms with Gasteiger partial charge in [0.1, 0.15) is 16.1 Å². The monoisotopic (exact) mass is 477 g/mol. The van der Waals surface area contributed by atoms with Crippen LogP contribution in [-0.4, -0.2) is 23.0 Å². The molecular weight excluding hydrogens is 457 g/mol. The Kier molecular flexibility index (Phi) is 6.92. The third-order valence-corrected chi connectivity index (χ3v) is 5.84. The van der Waals surface area contributed by atoms with E-state index in [-0.39, 0.29) is 16.7 Å². The Bertz CT molecular complexity index is 1310. The summed E-state index contributed by atoms with van der Waals surface area (Å²) in [5, 5.41) is 6.02. The average molecular weight is 478 g/mol. The van der Waals surface area contributed by atoms with Crippen LogP contribution >= 0.6 is 23.2 Å². The second-order valence-corrected chi connectivity index (χ2v) is 8.21. The molecule has 0 spiro atoms. The Morgan fingerprint density at radius 1 is 0.970 bits per heavy atom. The van der Waals surface area contributed by atoms with Crippen LogP contribution in [0.5, 0.6) is 0 Å². The molecule has 33 heavy (non-hydrogen) atoms. The summed E-state index contributed by atoms with van der Waals surface area (Å²) in [5.74, 6) is 0.0171. The van der Waals surface area contributed by atoms with Gasteiger partial charge in [0.2, 0.25) is 0 Å². The Hall–Kier alpha value is -3.41. The van der Waals surface area contributed by atoms with Crippen LogP contribution < -0.4 is 5.32 Å². The van der Waals surface area contributed by atoms with Gasteiger partial charge in [-0.05, 0) is 40.1 Å². The largest absolute Gasteiger partial charge is 0.469 e. The minimum atomic E-state index is -0.455. The van der Waals surface area contributed by atoms with E-state index in [2.05, 4.69) is 56.9 Å². The number of methoxy groups -OCH3 is 1. The van der Waals surface area contributed by atoms with E-state index in [0.717, 1.165) is 22.5 Å². The summed E-state index contributed by atoms with van der Waals surface area (Å²) in [6, 6.07) is 22.4. The number of ether oxygens (including phenoxy) is 1. The Morgan fingerprint density at radius 3 is 2.30 bits per heavy atom. The van der Waals surface area contributed by atoms with E-state index in [9.17, 15) is 4.79 Å². The maximum atomic E-state index is 11.5. The topological polar surface area (TPSA) is 64.1 Å². The van der Waals surface area contributed by atoms with Crippen molar-refractivity contribution in [3.63, 3.8) is 0 Å².